The number of imidazole rings is 1. The first kappa shape index (κ1) is 13.9. The van der Waals surface area contributed by atoms with Crippen LogP contribution in [0, 0.1) is 0 Å². The fourth-order valence-electron chi connectivity index (χ4n) is 2.16. The van der Waals surface area contributed by atoms with Crippen molar-refractivity contribution in [1.29, 1.82) is 0 Å². The van der Waals surface area contributed by atoms with Crippen LogP contribution in [0.4, 0.5) is 0 Å². The van der Waals surface area contributed by atoms with Crippen LogP contribution >= 0.6 is 11.8 Å². The summed E-state index contributed by atoms with van der Waals surface area (Å²) in [5.41, 5.74) is 2.81. The Morgan fingerprint density at radius 1 is 1.29 bits per heavy atom. The van der Waals surface area contributed by atoms with Gasteiger partial charge in [-0.05, 0) is 36.4 Å². The summed E-state index contributed by atoms with van der Waals surface area (Å²) in [6.45, 7) is 2.18. The molecule has 0 aliphatic carbocycles. The van der Waals surface area contributed by atoms with Crippen molar-refractivity contribution in [2.24, 2.45) is 0 Å². The third-order valence-corrected chi connectivity index (χ3v) is 4.39. The molecular weight excluding hydrogens is 282 g/mol. The Hall–Kier alpha value is -2.01. The highest BCUT2D eigenvalue weighted by Gasteiger charge is 2.11. The number of aromatic amines is 1. The van der Waals surface area contributed by atoms with Crippen molar-refractivity contribution in [1.82, 2.24) is 15.0 Å². The molecule has 0 spiro atoms. The highest BCUT2D eigenvalue weighted by molar-refractivity contribution is 7.99. The van der Waals surface area contributed by atoms with E-state index in [1.54, 1.807) is 19.5 Å². The van der Waals surface area contributed by atoms with Gasteiger partial charge >= 0.3 is 0 Å². The summed E-state index contributed by atoms with van der Waals surface area (Å²) in [5.74, 6) is 2.75. The lowest BCUT2D eigenvalue weighted by Gasteiger charge is -2.08. The van der Waals surface area contributed by atoms with Gasteiger partial charge in [0.05, 0.1) is 24.4 Å². The molecule has 0 saturated carbocycles. The summed E-state index contributed by atoms with van der Waals surface area (Å²) in [6, 6.07) is 8.16. The second-order valence-corrected chi connectivity index (χ2v) is 5.86. The van der Waals surface area contributed by atoms with Crippen LogP contribution in [0.3, 0.4) is 0 Å². The predicted molar refractivity (Wildman–Crippen MR) is 86.9 cm³/mol. The van der Waals surface area contributed by atoms with Gasteiger partial charge in [0.2, 0.25) is 0 Å². The van der Waals surface area contributed by atoms with Gasteiger partial charge in [-0.2, -0.15) is 0 Å². The average molecular weight is 299 g/mol. The molecule has 0 atom stereocenters. The van der Waals surface area contributed by atoms with E-state index in [0.29, 0.717) is 0 Å². The van der Waals surface area contributed by atoms with E-state index in [2.05, 4.69) is 40.1 Å². The molecule has 0 saturated heterocycles. The summed E-state index contributed by atoms with van der Waals surface area (Å²) in [6.07, 6.45) is 4.67. The maximum Gasteiger partial charge on any atom is 0.142 e. The van der Waals surface area contributed by atoms with Crippen LogP contribution in [0.1, 0.15) is 13.3 Å². The molecule has 0 amide bonds. The number of fused-ring (bicyclic) bond motifs is 1. The van der Waals surface area contributed by atoms with Gasteiger partial charge in [0, 0.05) is 11.1 Å². The van der Waals surface area contributed by atoms with Crippen molar-refractivity contribution < 1.29 is 4.74 Å². The number of nitrogens with zero attached hydrogens (tertiary/aromatic N) is 2. The molecule has 0 fully saturated rings. The standard InChI is InChI=1S/C16H17N3OS/c1-3-8-21-11-4-5-12(15(9-11)20-2)16-18-13-6-7-17-10-14(13)19-16/h4-7,9-10H,3,8H2,1-2H3,(H,18,19). The fraction of sp³-hybridized carbons (Fsp3) is 0.250. The molecule has 5 heteroatoms. The van der Waals surface area contributed by atoms with E-state index in [4.69, 9.17) is 4.74 Å². The number of hydrogen-bond acceptors (Lipinski definition) is 4. The zero-order valence-electron chi connectivity index (χ0n) is 12.1. The van der Waals surface area contributed by atoms with Crippen LogP contribution in [-0.2, 0) is 0 Å². The first-order valence-corrected chi connectivity index (χ1v) is 7.91. The lowest BCUT2D eigenvalue weighted by atomic mass is 10.2. The van der Waals surface area contributed by atoms with E-state index in [0.717, 1.165) is 40.3 Å². The number of ether oxygens (including phenoxy) is 1. The van der Waals surface area contributed by atoms with Gasteiger partial charge in [-0.3, -0.25) is 4.98 Å². The van der Waals surface area contributed by atoms with E-state index in [-0.39, 0.29) is 0 Å². The maximum atomic E-state index is 5.53. The van der Waals surface area contributed by atoms with Crippen molar-refractivity contribution >= 4 is 22.8 Å². The van der Waals surface area contributed by atoms with Crippen LogP contribution in [0.25, 0.3) is 22.4 Å². The third-order valence-electron chi connectivity index (χ3n) is 3.19. The summed E-state index contributed by atoms with van der Waals surface area (Å²) in [7, 11) is 1.69. The van der Waals surface area contributed by atoms with Crippen molar-refractivity contribution in [2.45, 2.75) is 18.2 Å². The fourth-order valence-corrected chi connectivity index (χ4v) is 2.96. The molecule has 0 bridgehead atoms. The van der Waals surface area contributed by atoms with Crippen LogP contribution in [-0.4, -0.2) is 27.8 Å². The molecule has 108 valence electrons. The quantitative estimate of drug-likeness (QED) is 0.719. The summed E-state index contributed by atoms with van der Waals surface area (Å²) >= 11 is 1.84. The predicted octanol–water partition coefficient (Wildman–Crippen LogP) is 4.14. The van der Waals surface area contributed by atoms with Crippen molar-refractivity contribution in [3.05, 3.63) is 36.7 Å². The molecule has 1 aromatic carbocycles. The Bertz CT molecular complexity index is 721. The Labute approximate surface area is 128 Å². The van der Waals surface area contributed by atoms with Gasteiger partial charge in [0.1, 0.15) is 17.1 Å². The molecule has 2 aromatic heterocycles. The number of hydrogen-bond donors (Lipinski definition) is 1. The zero-order valence-corrected chi connectivity index (χ0v) is 12.9. The van der Waals surface area contributed by atoms with Crippen molar-refractivity contribution in [2.75, 3.05) is 12.9 Å². The summed E-state index contributed by atoms with van der Waals surface area (Å²) in [4.78, 5) is 13.2. The van der Waals surface area contributed by atoms with E-state index in [1.165, 1.54) is 4.90 Å². The number of nitrogens with one attached hydrogen (secondary N) is 1. The number of rotatable bonds is 5. The highest BCUT2D eigenvalue weighted by Crippen LogP contribution is 2.33. The SMILES string of the molecule is CCCSc1ccc(-c2nc3cnccc3[nH]2)c(OC)c1. The molecule has 0 aliphatic rings. The lowest BCUT2D eigenvalue weighted by molar-refractivity contribution is 0.415. The topological polar surface area (TPSA) is 50.8 Å². The lowest BCUT2D eigenvalue weighted by Crippen LogP contribution is -1.90. The first-order valence-electron chi connectivity index (χ1n) is 6.92. The Balaban J connectivity index is 2.00. The minimum atomic E-state index is 0.807. The number of aromatic nitrogens is 3. The molecule has 3 aromatic rings. The van der Waals surface area contributed by atoms with E-state index in [9.17, 15) is 0 Å². The smallest absolute Gasteiger partial charge is 0.142 e. The van der Waals surface area contributed by atoms with E-state index >= 15 is 0 Å². The second-order valence-electron chi connectivity index (χ2n) is 4.69. The number of thioether (sulfide) groups is 1. The minimum Gasteiger partial charge on any atom is -0.496 e. The van der Waals surface area contributed by atoms with E-state index in [1.807, 2.05) is 17.8 Å². The Morgan fingerprint density at radius 2 is 2.19 bits per heavy atom. The Morgan fingerprint density at radius 3 is 2.95 bits per heavy atom. The van der Waals surface area contributed by atoms with Crippen molar-refractivity contribution in [3.63, 3.8) is 0 Å². The van der Waals surface area contributed by atoms with Gasteiger partial charge in [-0.15, -0.1) is 11.8 Å². The molecule has 0 radical (unpaired) electrons. The largest absolute Gasteiger partial charge is 0.496 e. The minimum absolute atomic E-state index is 0.807. The molecule has 1 N–H and O–H groups in total. The highest BCUT2D eigenvalue weighted by atomic mass is 32.2. The summed E-state index contributed by atoms with van der Waals surface area (Å²) < 4.78 is 5.53. The normalized spacial score (nSPS) is 11.0. The molecular formula is C16H17N3OS. The number of methoxy groups -OCH3 is 1. The van der Waals surface area contributed by atoms with Gasteiger partial charge in [-0.25, -0.2) is 4.98 Å². The average Bonchev–Trinajstić information content (AvgIpc) is 2.96. The van der Waals surface area contributed by atoms with Crippen LogP contribution in [0.5, 0.6) is 5.75 Å². The van der Waals surface area contributed by atoms with Crippen LogP contribution in [0.15, 0.2) is 41.6 Å². The zero-order chi connectivity index (χ0) is 14.7. The third kappa shape index (κ3) is 2.88. The molecule has 3 rings (SSSR count). The number of benzene rings is 1. The van der Waals surface area contributed by atoms with Gasteiger partial charge in [-0.1, -0.05) is 6.92 Å². The number of H-pyrrole nitrogens is 1. The van der Waals surface area contributed by atoms with Gasteiger partial charge in [0.15, 0.2) is 0 Å². The summed E-state index contributed by atoms with van der Waals surface area (Å²) in [5, 5.41) is 0. The maximum absolute atomic E-state index is 5.53. The molecule has 21 heavy (non-hydrogen) atoms. The first-order chi connectivity index (χ1) is 10.3. The van der Waals surface area contributed by atoms with Crippen LogP contribution < -0.4 is 4.74 Å². The molecule has 4 nitrogen and oxygen atoms in total. The van der Waals surface area contributed by atoms with E-state index < -0.39 is 0 Å². The van der Waals surface area contributed by atoms with Crippen LogP contribution in [0.2, 0.25) is 0 Å². The van der Waals surface area contributed by atoms with Gasteiger partial charge < -0.3 is 9.72 Å². The second kappa shape index (κ2) is 6.18. The van der Waals surface area contributed by atoms with Gasteiger partial charge in [0.25, 0.3) is 0 Å². The molecule has 0 aliphatic heterocycles. The van der Waals surface area contributed by atoms with Crippen molar-refractivity contribution in [3.8, 4) is 17.1 Å². The molecule has 2 heterocycles. The monoisotopic (exact) mass is 299 g/mol. The number of pyridine rings is 1. The Kier molecular flexibility index (Phi) is 4.10. The molecule has 0 unspecified atom stereocenters.